The fraction of sp³-hybridized carbons (Fsp3) is 0.429. The van der Waals surface area contributed by atoms with Crippen molar-refractivity contribution < 1.29 is 14.3 Å². The lowest BCUT2D eigenvalue weighted by Gasteiger charge is -2.19. The molecule has 1 aliphatic carbocycles. The van der Waals surface area contributed by atoms with E-state index in [-0.39, 0.29) is 11.7 Å². The number of ketones is 1. The van der Waals surface area contributed by atoms with Crippen LogP contribution in [0.2, 0.25) is 0 Å². The smallest absolute Gasteiger partial charge is 0.274 e. The average molecular weight is 262 g/mol. The number of Topliss-reactive ketones (excluding diaryl/α,β-unsaturated/α-hetero) is 1. The van der Waals surface area contributed by atoms with Crippen LogP contribution >= 0.6 is 0 Å². The van der Waals surface area contributed by atoms with Gasteiger partial charge in [-0.3, -0.25) is 15.0 Å². The van der Waals surface area contributed by atoms with Crippen molar-refractivity contribution in [1.29, 1.82) is 0 Å². The topological polar surface area (TPSA) is 81.4 Å². The van der Waals surface area contributed by atoms with Gasteiger partial charge in [-0.2, -0.15) is 0 Å². The minimum absolute atomic E-state index is 0.180. The van der Waals surface area contributed by atoms with Crippen LogP contribution in [0, 0.1) is 0 Å². The van der Waals surface area contributed by atoms with E-state index in [1.54, 1.807) is 12.1 Å². The zero-order chi connectivity index (χ0) is 13.8. The van der Waals surface area contributed by atoms with Gasteiger partial charge < -0.3 is 4.74 Å². The van der Waals surface area contributed by atoms with Crippen LogP contribution in [0.15, 0.2) is 18.2 Å². The van der Waals surface area contributed by atoms with E-state index in [0.29, 0.717) is 18.6 Å². The molecule has 1 amide bonds. The number of hydrazine groups is 1. The number of nitrogens with one attached hydrogen (secondary N) is 1. The van der Waals surface area contributed by atoms with Gasteiger partial charge in [0, 0.05) is 12.0 Å². The van der Waals surface area contributed by atoms with Crippen LogP contribution < -0.4 is 16.0 Å². The lowest BCUT2D eigenvalue weighted by atomic mass is 9.90. The van der Waals surface area contributed by atoms with Crippen LogP contribution in [-0.4, -0.2) is 17.8 Å². The fourth-order valence-corrected chi connectivity index (χ4v) is 2.28. The van der Waals surface area contributed by atoms with Crippen molar-refractivity contribution in [3.8, 4) is 5.75 Å². The SMILES string of the molecule is CCC(Oc1ccc2c(c1)CCCC2=O)C(=O)NN. The number of carbonyl (C=O) groups is 2. The van der Waals surface area contributed by atoms with Gasteiger partial charge in [-0.15, -0.1) is 0 Å². The van der Waals surface area contributed by atoms with Crippen LogP contribution in [0.5, 0.6) is 5.75 Å². The van der Waals surface area contributed by atoms with Crippen molar-refractivity contribution in [2.75, 3.05) is 0 Å². The predicted octanol–water partition coefficient (Wildman–Crippen LogP) is 1.35. The number of rotatable bonds is 4. The molecule has 0 bridgehead atoms. The number of carbonyl (C=O) groups excluding carboxylic acids is 2. The first-order valence-corrected chi connectivity index (χ1v) is 6.49. The molecule has 0 saturated carbocycles. The van der Waals surface area contributed by atoms with Crippen molar-refractivity contribution in [2.45, 2.75) is 38.7 Å². The first kappa shape index (κ1) is 13.5. The first-order chi connectivity index (χ1) is 9.15. The van der Waals surface area contributed by atoms with Crippen molar-refractivity contribution in [2.24, 2.45) is 5.84 Å². The summed E-state index contributed by atoms with van der Waals surface area (Å²) in [5.41, 5.74) is 3.86. The van der Waals surface area contributed by atoms with Crippen LogP contribution in [0.1, 0.15) is 42.1 Å². The van der Waals surface area contributed by atoms with E-state index in [4.69, 9.17) is 10.6 Å². The summed E-state index contributed by atoms with van der Waals surface area (Å²) < 4.78 is 5.61. The molecule has 1 aromatic carbocycles. The van der Waals surface area contributed by atoms with Gasteiger partial charge in [0.15, 0.2) is 11.9 Å². The third kappa shape index (κ3) is 2.93. The Labute approximate surface area is 112 Å². The number of hydrogen-bond donors (Lipinski definition) is 2. The van der Waals surface area contributed by atoms with Crippen molar-refractivity contribution in [3.63, 3.8) is 0 Å². The van der Waals surface area contributed by atoms with Gasteiger partial charge >= 0.3 is 0 Å². The Balaban J connectivity index is 2.18. The van der Waals surface area contributed by atoms with E-state index in [2.05, 4.69) is 5.43 Å². The molecule has 1 aromatic rings. The zero-order valence-corrected chi connectivity index (χ0v) is 10.9. The third-order valence-corrected chi connectivity index (χ3v) is 3.31. The Kier molecular flexibility index (Phi) is 4.16. The highest BCUT2D eigenvalue weighted by molar-refractivity contribution is 5.98. The molecule has 2 rings (SSSR count). The molecular formula is C14H18N2O3. The zero-order valence-electron chi connectivity index (χ0n) is 10.9. The van der Waals surface area contributed by atoms with Gasteiger partial charge in [-0.25, -0.2) is 5.84 Å². The first-order valence-electron chi connectivity index (χ1n) is 6.49. The molecule has 5 nitrogen and oxygen atoms in total. The molecule has 0 fully saturated rings. The summed E-state index contributed by atoms with van der Waals surface area (Å²) >= 11 is 0. The summed E-state index contributed by atoms with van der Waals surface area (Å²) in [6.07, 6.45) is 2.27. The summed E-state index contributed by atoms with van der Waals surface area (Å²) in [5.74, 6) is 5.54. The molecule has 1 unspecified atom stereocenters. The van der Waals surface area contributed by atoms with Gasteiger partial charge in [-0.1, -0.05) is 6.92 Å². The number of amides is 1. The Morgan fingerprint density at radius 1 is 1.47 bits per heavy atom. The molecule has 0 aliphatic heterocycles. The molecule has 5 heteroatoms. The highest BCUT2D eigenvalue weighted by Gasteiger charge is 2.20. The second kappa shape index (κ2) is 5.84. The van der Waals surface area contributed by atoms with Crippen LogP contribution in [0.3, 0.4) is 0 Å². The molecule has 0 aromatic heterocycles. The monoisotopic (exact) mass is 262 g/mol. The highest BCUT2D eigenvalue weighted by Crippen LogP contribution is 2.26. The Morgan fingerprint density at radius 3 is 2.95 bits per heavy atom. The third-order valence-electron chi connectivity index (χ3n) is 3.31. The normalized spacial score (nSPS) is 15.6. The number of ether oxygens (including phenoxy) is 1. The minimum atomic E-state index is -0.609. The van der Waals surface area contributed by atoms with E-state index in [1.165, 1.54) is 0 Å². The van der Waals surface area contributed by atoms with E-state index in [0.717, 1.165) is 24.0 Å². The second-order valence-electron chi connectivity index (χ2n) is 4.62. The summed E-state index contributed by atoms with van der Waals surface area (Å²) in [4.78, 5) is 23.2. The largest absolute Gasteiger partial charge is 0.481 e. The molecule has 0 heterocycles. The summed E-state index contributed by atoms with van der Waals surface area (Å²) in [5, 5.41) is 0. The Bertz CT molecular complexity index is 499. The molecule has 102 valence electrons. The number of benzene rings is 1. The summed E-state index contributed by atoms with van der Waals surface area (Å²) in [6.45, 7) is 1.85. The number of fused-ring (bicyclic) bond motifs is 1. The molecular weight excluding hydrogens is 244 g/mol. The van der Waals surface area contributed by atoms with Gasteiger partial charge in [0.05, 0.1) is 0 Å². The molecule has 0 radical (unpaired) electrons. The Morgan fingerprint density at radius 2 is 2.26 bits per heavy atom. The van der Waals surface area contributed by atoms with Gasteiger partial charge in [0.2, 0.25) is 0 Å². The van der Waals surface area contributed by atoms with Gasteiger partial charge in [0.25, 0.3) is 5.91 Å². The maximum atomic E-state index is 11.7. The van der Waals surface area contributed by atoms with Crippen molar-refractivity contribution in [3.05, 3.63) is 29.3 Å². The molecule has 19 heavy (non-hydrogen) atoms. The van der Waals surface area contributed by atoms with Gasteiger partial charge in [-0.05, 0) is 43.0 Å². The fourth-order valence-electron chi connectivity index (χ4n) is 2.28. The summed E-state index contributed by atoms with van der Waals surface area (Å²) in [7, 11) is 0. The average Bonchev–Trinajstić information content (AvgIpc) is 2.44. The maximum absolute atomic E-state index is 11.7. The molecule has 0 spiro atoms. The van der Waals surface area contributed by atoms with Crippen molar-refractivity contribution >= 4 is 11.7 Å². The van der Waals surface area contributed by atoms with E-state index in [9.17, 15) is 9.59 Å². The lowest BCUT2D eigenvalue weighted by Crippen LogP contribution is -2.41. The van der Waals surface area contributed by atoms with E-state index in [1.807, 2.05) is 13.0 Å². The predicted molar refractivity (Wildman–Crippen MR) is 70.7 cm³/mol. The minimum Gasteiger partial charge on any atom is -0.481 e. The molecule has 3 N–H and O–H groups in total. The van der Waals surface area contributed by atoms with E-state index < -0.39 is 6.10 Å². The lowest BCUT2D eigenvalue weighted by molar-refractivity contribution is -0.128. The number of nitrogens with two attached hydrogens (primary N) is 1. The van der Waals surface area contributed by atoms with Crippen molar-refractivity contribution in [1.82, 2.24) is 5.43 Å². The number of hydrogen-bond acceptors (Lipinski definition) is 4. The highest BCUT2D eigenvalue weighted by atomic mass is 16.5. The number of aryl methyl sites for hydroxylation is 1. The van der Waals surface area contributed by atoms with Crippen LogP contribution in [0.4, 0.5) is 0 Å². The molecule has 0 saturated heterocycles. The van der Waals surface area contributed by atoms with Gasteiger partial charge in [0.1, 0.15) is 5.75 Å². The maximum Gasteiger partial charge on any atom is 0.274 e. The van der Waals surface area contributed by atoms with E-state index >= 15 is 0 Å². The Hall–Kier alpha value is -1.88. The quantitative estimate of drug-likeness (QED) is 0.487. The summed E-state index contributed by atoms with van der Waals surface area (Å²) in [6, 6.07) is 5.35. The second-order valence-corrected chi connectivity index (χ2v) is 4.62. The molecule has 1 aliphatic rings. The standard InChI is InChI=1S/C14H18N2O3/c1-2-13(14(18)16-15)19-10-6-7-11-9(8-10)4-3-5-12(11)17/h6-8,13H,2-5,15H2,1H3,(H,16,18). The molecule has 1 atom stereocenters. The van der Waals surface area contributed by atoms with Crippen LogP contribution in [0.25, 0.3) is 0 Å². The van der Waals surface area contributed by atoms with Crippen LogP contribution in [-0.2, 0) is 11.2 Å².